The maximum absolute atomic E-state index is 12.7. The largest absolute Gasteiger partial charge is 0.351 e. The van der Waals surface area contributed by atoms with Crippen molar-refractivity contribution in [2.45, 2.75) is 25.4 Å². The van der Waals surface area contributed by atoms with Crippen LogP contribution in [0.3, 0.4) is 0 Å². The molecule has 1 aliphatic heterocycles. The lowest BCUT2D eigenvalue weighted by Crippen LogP contribution is -2.49. The van der Waals surface area contributed by atoms with E-state index in [1.54, 1.807) is 12.1 Å². The molecular weight excluding hydrogens is 323 g/mol. The van der Waals surface area contributed by atoms with E-state index in [0.29, 0.717) is 0 Å². The fourth-order valence-corrected chi connectivity index (χ4v) is 2.26. The van der Waals surface area contributed by atoms with E-state index in [1.165, 1.54) is 12.1 Å². The minimum Gasteiger partial charge on any atom is -0.351 e. The third-order valence-corrected chi connectivity index (χ3v) is 3.44. The highest BCUT2D eigenvalue weighted by Gasteiger charge is 2.15. The normalized spacial score (nSPS) is 16.8. The molecular formula is C15H22ClFN4O2. The first kappa shape index (κ1) is 19.2. The van der Waals surface area contributed by atoms with Gasteiger partial charge in [-0.1, -0.05) is 12.1 Å². The summed E-state index contributed by atoms with van der Waals surface area (Å²) in [5.41, 5.74) is 0.786. The molecule has 2 rings (SSSR count). The molecule has 1 heterocycles. The average Bonchev–Trinajstić information content (AvgIpc) is 2.53. The first-order chi connectivity index (χ1) is 10.6. The zero-order valence-corrected chi connectivity index (χ0v) is 13.5. The van der Waals surface area contributed by atoms with Crippen molar-refractivity contribution in [3.8, 4) is 0 Å². The lowest BCUT2D eigenvalue weighted by molar-refractivity contribution is -0.120. The lowest BCUT2D eigenvalue weighted by Gasteiger charge is -2.23. The second-order valence-electron chi connectivity index (χ2n) is 5.27. The Balaban J connectivity index is 0.00000264. The molecule has 0 bridgehead atoms. The maximum Gasteiger partial charge on any atom is 0.315 e. The predicted molar refractivity (Wildman–Crippen MR) is 87.9 cm³/mol. The lowest BCUT2D eigenvalue weighted by atomic mass is 10.1. The minimum atomic E-state index is -0.429. The SMILES string of the molecule is Cl.O=C(CNC(=O)NCc1ccc(F)cc1)N[C@H]1CCCNC1. The van der Waals surface area contributed by atoms with Crippen LogP contribution in [0.25, 0.3) is 0 Å². The van der Waals surface area contributed by atoms with E-state index in [2.05, 4.69) is 21.3 Å². The van der Waals surface area contributed by atoms with Gasteiger partial charge in [0, 0.05) is 19.1 Å². The Kier molecular flexibility index (Phi) is 8.36. The summed E-state index contributed by atoms with van der Waals surface area (Å²) < 4.78 is 12.7. The van der Waals surface area contributed by atoms with Gasteiger partial charge in [0.05, 0.1) is 6.54 Å². The number of carbonyl (C=O) groups excluding carboxylic acids is 2. The van der Waals surface area contributed by atoms with Crippen LogP contribution in [0.1, 0.15) is 18.4 Å². The summed E-state index contributed by atoms with van der Waals surface area (Å²) in [5.74, 6) is -0.521. The molecule has 8 heteroatoms. The molecule has 4 N–H and O–H groups in total. The van der Waals surface area contributed by atoms with Crippen molar-refractivity contribution in [3.63, 3.8) is 0 Å². The molecule has 6 nitrogen and oxygen atoms in total. The Morgan fingerprint density at radius 1 is 1.22 bits per heavy atom. The van der Waals surface area contributed by atoms with Crippen LogP contribution in [0, 0.1) is 5.82 Å². The summed E-state index contributed by atoms with van der Waals surface area (Å²) in [5, 5.41) is 11.2. The Labute approximate surface area is 141 Å². The number of carbonyl (C=O) groups is 2. The molecule has 0 aromatic heterocycles. The van der Waals surface area contributed by atoms with E-state index in [0.717, 1.165) is 31.5 Å². The second kappa shape index (κ2) is 10.0. The second-order valence-corrected chi connectivity index (χ2v) is 5.27. The number of nitrogens with one attached hydrogen (secondary N) is 4. The van der Waals surface area contributed by atoms with Crippen molar-refractivity contribution in [3.05, 3.63) is 35.6 Å². The van der Waals surface area contributed by atoms with Gasteiger partial charge in [-0.3, -0.25) is 4.79 Å². The van der Waals surface area contributed by atoms with Crippen LogP contribution in [-0.2, 0) is 11.3 Å². The van der Waals surface area contributed by atoms with Gasteiger partial charge in [0.2, 0.25) is 5.91 Å². The van der Waals surface area contributed by atoms with Gasteiger partial charge in [0.25, 0.3) is 0 Å². The van der Waals surface area contributed by atoms with Gasteiger partial charge in [0.1, 0.15) is 5.82 Å². The molecule has 1 aromatic rings. The fourth-order valence-electron chi connectivity index (χ4n) is 2.26. The van der Waals surface area contributed by atoms with Crippen LogP contribution >= 0.6 is 12.4 Å². The first-order valence-corrected chi connectivity index (χ1v) is 7.40. The zero-order chi connectivity index (χ0) is 15.8. The minimum absolute atomic E-state index is 0. The fraction of sp³-hybridized carbons (Fsp3) is 0.467. The van der Waals surface area contributed by atoms with E-state index >= 15 is 0 Å². The number of amides is 3. The maximum atomic E-state index is 12.7. The number of piperidine rings is 1. The summed E-state index contributed by atoms with van der Waals surface area (Å²) in [6, 6.07) is 5.56. The Morgan fingerprint density at radius 2 is 1.96 bits per heavy atom. The smallest absolute Gasteiger partial charge is 0.315 e. The van der Waals surface area contributed by atoms with E-state index in [9.17, 15) is 14.0 Å². The van der Waals surface area contributed by atoms with E-state index in [-0.39, 0.29) is 43.3 Å². The Bertz CT molecular complexity index is 507. The summed E-state index contributed by atoms with van der Waals surface area (Å²) in [6.07, 6.45) is 1.99. The standard InChI is InChI=1S/C15H21FN4O2.ClH/c16-12-5-3-11(4-6-12)8-18-15(22)19-10-14(21)20-13-2-1-7-17-9-13;/h3-6,13,17H,1-2,7-10H2,(H,20,21)(H2,18,19,22);1H/t13-;/m0./s1. The summed E-state index contributed by atoms with van der Waals surface area (Å²) in [7, 11) is 0. The predicted octanol–water partition coefficient (Wildman–Crippen LogP) is 0.915. The van der Waals surface area contributed by atoms with E-state index in [4.69, 9.17) is 0 Å². The molecule has 0 aliphatic carbocycles. The monoisotopic (exact) mass is 344 g/mol. The number of hydrogen-bond donors (Lipinski definition) is 4. The quantitative estimate of drug-likeness (QED) is 0.641. The summed E-state index contributed by atoms with van der Waals surface area (Å²) in [4.78, 5) is 23.3. The molecule has 128 valence electrons. The number of halogens is 2. The highest BCUT2D eigenvalue weighted by molar-refractivity contribution is 5.85. The van der Waals surface area contributed by atoms with Crippen molar-refractivity contribution in [2.75, 3.05) is 19.6 Å². The topological polar surface area (TPSA) is 82.3 Å². The van der Waals surface area contributed by atoms with Crippen LogP contribution in [0.4, 0.5) is 9.18 Å². The van der Waals surface area contributed by atoms with E-state index < -0.39 is 6.03 Å². The van der Waals surface area contributed by atoms with Gasteiger partial charge >= 0.3 is 6.03 Å². The molecule has 3 amide bonds. The van der Waals surface area contributed by atoms with Crippen molar-refractivity contribution in [1.82, 2.24) is 21.3 Å². The Morgan fingerprint density at radius 3 is 2.61 bits per heavy atom. The van der Waals surface area contributed by atoms with Crippen molar-refractivity contribution >= 4 is 24.3 Å². The van der Waals surface area contributed by atoms with Gasteiger partial charge in [-0.15, -0.1) is 12.4 Å². The molecule has 0 unspecified atom stereocenters. The molecule has 1 saturated heterocycles. The third kappa shape index (κ3) is 7.30. The first-order valence-electron chi connectivity index (χ1n) is 7.40. The summed E-state index contributed by atoms with van der Waals surface area (Å²) in [6.45, 7) is 1.96. The van der Waals surface area contributed by atoms with Crippen LogP contribution in [0.5, 0.6) is 0 Å². The van der Waals surface area contributed by atoms with Crippen LogP contribution in [0.2, 0.25) is 0 Å². The molecule has 23 heavy (non-hydrogen) atoms. The molecule has 1 aromatic carbocycles. The van der Waals surface area contributed by atoms with Crippen LogP contribution in [0.15, 0.2) is 24.3 Å². The van der Waals surface area contributed by atoms with Gasteiger partial charge in [-0.05, 0) is 37.1 Å². The zero-order valence-electron chi connectivity index (χ0n) is 12.7. The van der Waals surface area contributed by atoms with Crippen molar-refractivity contribution < 1.29 is 14.0 Å². The number of urea groups is 1. The van der Waals surface area contributed by atoms with Gasteiger partial charge < -0.3 is 21.3 Å². The Hall–Kier alpha value is -1.86. The molecule has 1 aliphatic rings. The number of rotatable bonds is 5. The molecule has 0 spiro atoms. The molecule has 0 saturated carbocycles. The highest BCUT2D eigenvalue weighted by atomic mass is 35.5. The van der Waals surface area contributed by atoms with Gasteiger partial charge in [0.15, 0.2) is 0 Å². The highest BCUT2D eigenvalue weighted by Crippen LogP contribution is 2.02. The average molecular weight is 345 g/mol. The number of hydrogen-bond acceptors (Lipinski definition) is 3. The number of benzene rings is 1. The summed E-state index contributed by atoms with van der Waals surface area (Å²) >= 11 is 0. The van der Waals surface area contributed by atoms with Crippen LogP contribution < -0.4 is 21.3 Å². The molecule has 0 radical (unpaired) electrons. The molecule has 1 fully saturated rings. The van der Waals surface area contributed by atoms with Crippen LogP contribution in [-0.4, -0.2) is 37.6 Å². The van der Waals surface area contributed by atoms with Gasteiger partial charge in [-0.2, -0.15) is 0 Å². The van der Waals surface area contributed by atoms with Crippen molar-refractivity contribution in [1.29, 1.82) is 0 Å². The van der Waals surface area contributed by atoms with Gasteiger partial charge in [-0.25, -0.2) is 9.18 Å². The molecule has 1 atom stereocenters. The van der Waals surface area contributed by atoms with Crippen molar-refractivity contribution in [2.24, 2.45) is 0 Å². The van der Waals surface area contributed by atoms with E-state index in [1.807, 2.05) is 0 Å². The third-order valence-electron chi connectivity index (χ3n) is 3.44.